The van der Waals surface area contributed by atoms with Gasteiger partial charge in [0.2, 0.25) is 0 Å². The van der Waals surface area contributed by atoms with Crippen LogP contribution in [0.25, 0.3) is 10.4 Å². The molecule has 2 saturated heterocycles. The number of likely N-dealkylation sites (N-methyl/N-ethyl adjacent to an activating group) is 1. The molecule has 1 radical (unpaired) electrons. The van der Waals surface area contributed by atoms with Crippen LogP contribution in [0.2, 0.25) is 0 Å². The molecular formula is C12H18N5O2Y-. The number of nitriles is 1. The van der Waals surface area contributed by atoms with E-state index in [1.54, 1.807) is 0 Å². The van der Waals surface area contributed by atoms with Gasteiger partial charge in [0.15, 0.2) is 5.79 Å². The third-order valence-electron chi connectivity index (χ3n) is 3.66. The number of azide groups is 1. The van der Waals surface area contributed by atoms with Gasteiger partial charge in [-0.1, -0.05) is 5.11 Å². The minimum atomic E-state index is -0.653. The Kier molecular flexibility index (Phi) is 6.39. The van der Waals surface area contributed by atoms with Gasteiger partial charge in [-0.25, -0.2) is 0 Å². The van der Waals surface area contributed by atoms with Gasteiger partial charge in [0.25, 0.3) is 0 Å². The Balaban J connectivity index is 0.00000200. The van der Waals surface area contributed by atoms with Gasteiger partial charge in [0, 0.05) is 37.6 Å². The molecule has 0 saturated carbocycles. The van der Waals surface area contributed by atoms with E-state index < -0.39 is 5.79 Å². The zero-order chi connectivity index (χ0) is 14.0. The second-order valence-corrected chi connectivity index (χ2v) is 5.34. The Morgan fingerprint density at radius 1 is 1.60 bits per heavy atom. The number of hydrogen-bond donors (Lipinski definition) is 0. The molecule has 0 spiro atoms. The van der Waals surface area contributed by atoms with Gasteiger partial charge < -0.3 is 20.8 Å². The molecule has 0 aromatic carbocycles. The standard InChI is InChI=1S/C12H18N5O2.Y/c1-12(2)18-7-10(19-12)11(15-16-14)9-5-4-8(6-13)17(9)3;/h5,8-11H,4,7H2,1-3H3;/q-1;/t8-,9-,10-,11-;/m1./s1. The summed E-state index contributed by atoms with van der Waals surface area (Å²) in [4.78, 5) is 4.84. The minimum absolute atomic E-state index is 0. The Morgan fingerprint density at radius 3 is 2.75 bits per heavy atom. The molecule has 20 heavy (non-hydrogen) atoms. The van der Waals surface area contributed by atoms with Crippen molar-refractivity contribution in [2.24, 2.45) is 5.11 Å². The first kappa shape index (κ1) is 17.8. The van der Waals surface area contributed by atoms with Gasteiger partial charge in [0.05, 0.1) is 30.9 Å². The molecule has 2 aliphatic heterocycles. The monoisotopic (exact) mass is 353 g/mol. The summed E-state index contributed by atoms with van der Waals surface area (Å²) in [7, 11) is 1.86. The van der Waals surface area contributed by atoms with E-state index in [2.05, 4.69) is 16.1 Å². The summed E-state index contributed by atoms with van der Waals surface area (Å²) >= 11 is 0. The van der Waals surface area contributed by atoms with Crippen LogP contribution in [-0.2, 0) is 42.2 Å². The van der Waals surface area contributed by atoms with Crippen LogP contribution in [0, 0.1) is 17.8 Å². The first-order valence-corrected chi connectivity index (χ1v) is 6.29. The maximum Gasteiger partial charge on any atom is 0.163 e. The molecule has 107 valence electrons. The molecule has 0 amide bonds. The Labute approximate surface area is 144 Å². The fraction of sp³-hybridized carbons (Fsp3) is 0.833. The van der Waals surface area contributed by atoms with Crippen LogP contribution in [0.4, 0.5) is 0 Å². The molecule has 8 heteroatoms. The summed E-state index contributed by atoms with van der Waals surface area (Å²) in [6, 6.07) is 1.59. The SMILES string of the molecule is CN1[C@@H]([C@@H](N=[N+]=[N-])[C@H]2COC(C)(C)O2)[CH-]C[C@@H]1C#N.[Y]. The average Bonchev–Trinajstić information content (AvgIpc) is 2.89. The van der Waals surface area contributed by atoms with Crippen LogP contribution in [0.3, 0.4) is 0 Å². The van der Waals surface area contributed by atoms with Gasteiger partial charge in [-0.05, 0) is 26.4 Å². The van der Waals surface area contributed by atoms with Crippen molar-refractivity contribution in [3.05, 3.63) is 16.9 Å². The smallest absolute Gasteiger partial charge is 0.163 e. The molecule has 2 aliphatic rings. The Bertz CT molecular complexity index is 432. The molecule has 2 rings (SSSR count). The third kappa shape index (κ3) is 3.70. The number of ether oxygens (including phenoxy) is 2. The molecule has 0 aromatic heterocycles. The molecule has 4 atom stereocenters. The summed E-state index contributed by atoms with van der Waals surface area (Å²) in [5.74, 6) is -0.653. The summed E-state index contributed by atoms with van der Waals surface area (Å²) < 4.78 is 11.3. The van der Waals surface area contributed by atoms with E-state index in [9.17, 15) is 0 Å². The fourth-order valence-corrected chi connectivity index (χ4v) is 2.64. The molecule has 0 bridgehead atoms. The van der Waals surface area contributed by atoms with Crippen molar-refractivity contribution >= 4 is 0 Å². The van der Waals surface area contributed by atoms with Gasteiger partial charge in [-0.3, -0.25) is 0 Å². The van der Waals surface area contributed by atoms with Crippen LogP contribution in [0.5, 0.6) is 0 Å². The first-order valence-electron chi connectivity index (χ1n) is 6.29. The van der Waals surface area contributed by atoms with Crippen molar-refractivity contribution in [3.8, 4) is 6.07 Å². The quantitative estimate of drug-likeness (QED) is 0.333. The van der Waals surface area contributed by atoms with E-state index in [0.717, 1.165) is 0 Å². The zero-order valence-corrected chi connectivity index (χ0v) is 14.8. The van der Waals surface area contributed by atoms with E-state index in [-0.39, 0.29) is 56.9 Å². The number of rotatable bonds is 3. The van der Waals surface area contributed by atoms with Crippen LogP contribution in [-0.4, -0.2) is 48.6 Å². The number of nitrogens with zero attached hydrogens (tertiary/aromatic N) is 5. The van der Waals surface area contributed by atoms with Gasteiger partial charge in [-0.2, -0.15) is 5.26 Å². The Morgan fingerprint density at radius 2 is 2.30 bits per heavy atom. The largest absolute Gasteiger partial charge is 0.348 e. The predicted molar refractivity (Wildman–Crippen MR) is 67.7 cm³/mol. The minimum Gasteiger partial charge on any atom is -0.348 e. The molecule has 2 heterocycles. The molecule has 0 aliphatic carbocycles. The van der Waals surface area contributed by atoms with Crippen LogP contribution in [0.15, 0.2) is 5.11 Å². The summed E-state index contributed by atoms with van der Waals surface area (Å²) in [6.45, 7) is 4.06. The summed E-state index contributed by atoms with van der Waals surface area (Å²) in [5.41, 5.74) is 8.76. The second-order valence-electron chi connectivity index (χ2n) is 5.34. The fourth-order valence-electron chi connectivity index (χ4n) is 2.64. The van der Waals surface area contributed by atoms with Crippen molar-refractivity contribution in [1.29, 1.82) is 5.26 Å². The van der Waals surface area contributed by atoms with E-state index in [1.807, 2.05) is 32.2 Å². The molecule has 7 nitrogen and oxygen atoms in total. The van der Waals surface area contributed by atoms with Crippen molar-refractivity contribution in [1.82, 2.24) is 4.90 Å². The third-order valence-corrected chi connectivity index (χ3v) is 3.66. The van der Waals surface area contributed by atoms with Crippen LogP contribution < -0.4 is 0 Å². The van der Waals surface area contributed by atoms with Crippen LogP contribution in [0.1, 0.15) is 20.3 Å². The van der Waals surface area contributed by atoms with Gasteiger partial charge >= 0.3 is 0 Å². The summed E-state index contributed by atoms with van der Waals surface area (Å²) in [6.07, 6.45) is 2.40. The maximum atomic E-state index is 9.04. The predicted octanol–water partition coefficient (Wildman–Crippen LogP) is 1.61. The van der Waals surface area contributed by atoms with E-state index in [0.29, 0.717) is 13.0 Å². The van der Waals surface area contributed by atoms with Crippen molar-refractivity contribution in [2.45, 2.75) is 50.3 Å². The van der Waals surface area contributed by atoms with E-state index in [4.69, 9.17) is 20.3 Å². The molecule has 0 aromatic rings. The zero-order valence-electron chi connectivity index (χ0n) is 11.9. The van der Waals surface area contributed by atoms with E-state index in [1.165, 1.54) is 0 Å². The van der Waals surface area contributed by atoms with Crippen LogP contribution >= 0.6 is 0 Å². The summed E-state index contributed by atoms with van der Waals surface area (Å²) in [5, 5.41) is 12.9. The van der Waals surface area contributed by atoms with Crippen molar-refractivity contribution in [2.75, 3.05) is 13.7 Å². The molecule has 0 unspecified atom stereocenters. The molecular weight excluding hydrogens is 335 g/mol. The van der Waals surface area contributed by atoms with E-state index >= 15 is 0 Å². The van der Waals surface area contributed by atoms with Gasteiger partial charge in [0.1, 0.15) is 0 Å². The average molecular weight is 353 g/mol. The maximum absolute atomic E-state index is 9.04. The van der Waals surface area contributed by atoms with Crippen molar-refractivity contribution < 1.29 is 42.2 Å². The topological polar surface area (TPSA) is 94.2 Å². The second kappa shape index (κ2) is 7.17. The normalized spacial score (nSPS) is 33.8. The Hall–Kier alpha value is -0.216. The molecule has 0 N–H and O–H groups in total. The number of hydrogen-bond acceptors (Lipinski definition) is 5. The molecule has 2 fully saturated rings. The van der Waals surface area contributed by atoms with Gasteiger partial charge in [-0.15, -0.1) is 12.5 Å². The first-order chi connectivity index (χ1) is 8.98. The number of likely N-dealkylation sites (tertiary alicyclic amines) is 1. The van der Waals surface area contributed by atoms with Crippen molar-refractivity contribution in [3.63, 3.8) is 0 Å².